The lowest BCUT2D eigenvalue weighted by molar-refractivity contribution is 0.628. The Balaban J connectivity index is 1.74. The lowest BCUT2D eigenvalue weighted by atomic mass is 10.2. The maximum Gasteiger partial charge on any atom is 0.229 e. The summed E-state index contributed by atoms with van der Waals surface area (Å²) in [6, 6.07) is 14.5. The van der Waals surface area contributed by atoms with Gasteiger partial charge in [0.05, 0.1) is 16.6 Å². The number of hydrogen-bond acceptors (Lipinski definition) is 5. The van der Waals surface area contributed by atoms with E-state index >= 15 is 0 Å². The van der Waals surface area contributed by atoms with Crippen molar-refractivity contribution in [3.05, 3.63) is 74.1 Å². The van der Waals surface area contributed by atoms with Gasteiger partial charge in [-0.25, -0.2) is 9.37 Å². The third-order valence-corrected chi connectivity index (χ3v) is 6.16. The molecule has 0 amide bonds. The number of para-hydroxylation sites is 1. The van der Waals surface area contributed by atoms with Crippen LogP contribution in [0, 0.1) is 5.82 Å². The van der Waals surface area contributed by atoms with E-state index in [0.29, 0.717) is 17.5 Å². The molecule has 4 rings (SSSR count). The average Bonchev–Trinajstić information content (AvgIpc) is 3.21. The predicted molar refractivity (Wildman–Crippen MR) is 118 cm³/mol. The fourth-order valence-corrected chi connectivity index (χ4v) is 4.17. The number of benzene rings is 2. The number of halogens is 3. The standard InChI is InChI=1S/C20H15BrClFN4S/c1-11(17-6-3-9-28-17)24-19-13-4-2-5-14(21)18(13)26-20(27-19)25-12-7-8-16(23)15(22)10-12/h2-11H,1H3,(H2,24,25,26,27). The van der Waals surface area contributed by atoms with Crippen molar-refractivity contribution >= 4 is 67.2 Å². The molecule has 0 radical (unpaired) electrons. The zero-order valence-electron chi connectivity index (χ0n) is 14.7. The van der Waals surface area contributed by atoms with Crippen LogP contribution < -0.4 is 10.6 Å². The van der Waals surface area contributed by atoms with Gasteiger partial charge in [-0.2, -0.15) is 4.98 Å². The van der Waals surface area contributed by atoms with E-state index in [4.69, 9.17) is 11.6 Å². The molecule has 2 aromatic heterocycles. The van der Waals surface area contributed by atoms with Crippen LogP contribution in [-0.4, -0.2) is 9.97 Å². The van der Waals surface area contributed by atoms with Gasteiger partial charge >= 0.3 is 0 Å². The molecule has 0 spiro atoms. The van der Waals surface area contributed by atoms with Crippen molar-refractivity contribution in [2.24, 2.45) is 0 Å². The lowest BCUT2D eigenvalue weighted by Crippen LogP contribution is -2.09. The molecular weight excluding hydrogens is 463 g/mol. The van der Waals surface area contributed by atoms with Crippen molar-refractivity contribution < 1.29 is 4.39 Å². The first-order valence-electron chi connectivity index (χ1n) is 8.49. The van der Waals surface area contributed by atoms with Crippen LogP contribution in [0.2, 0.25) is 5.02 Å². The third-order valence-electron chi connectivity index (χ3n) is 4.18. The molecule has 4 nitrogen and oxygen atoms in total. The number of rotatable bonds is 5. The van der Waals surface area contributed by atoms with Gasteiger partial charge in [-0.3, -0.25) is 0 Å². The van der Waals surface area contributed by atoms with E-state index < -0.39 is 5.82 Å². The number of anilines is 3. The minimum atomic E-state index is -0.471. The van der Waals surface area contributed by atoms with Crippen LogP contribution in [0.25, 0.3) is 10.9 Å². The highest BCUT2D eigenvalue weighted by Gasteiger charge is 2.14. The van der Waals surface area contributed by atoms with Gasteiger partial charge in [0.2, 0.25) is 5.95 Å². The molecule has 2 N–H and O–H groups in total. The molecule has 4 aromatic rings. The molecular formula is C20H15BrClFN4S. The molecule has 8 heteroatoms. The number of nitrogens with zero attached hydrogens (tertiary/aromatic N) is 2. The zero-order chi connectivity index (χ0) is 19.7. The van der Waals surface area contributed by atoms with E-state index in [1.807, 2.05) is 29.6 Å². The van der Waals surface area contributed by atoms with Crippen LogP contribution in [0.3, 0.4) is 0 Å². The first-order valence-corrected chi connectivity index (χ1v) is 10.5. The maximum atomic E-state index is 13.4. The number of fused-ring (bicyclic) bond motifs is 1. The highest BCUT2D eigenvalue weighted by Crippen LogP contribution is 2.32. The normalized spacial score (nSPS) is 12.1. The second-order valence-corrected chi connectivity index (χ2v) is 8.41. The number of aromatic nitrogens is 2. The van der Waals surface area contributed by atoms with Crippen molar-refractivity contribution in [1.29, 1.82) is 0 Å². The summed E-state index contributed by atoms with van der Waals surface area (Å²) in [4.78, 5) is 10.5. The van der Waals surface area contributed by atoms with Crippen LogP contribution in [0.15, 0.2) is 58.4 Å². The summed E-state index contributed by atoms with van der Waals surface area (Å²) >= 11 is 11.1. The van der Waals surface area contributed by atoms with Gasteiger partial charge in [0, 0.05) is 20.4 Å². The predicted octanol–water partition coefficient (Wildman–Crippen LogP) is 7.16. The molecule has 0 fully saturated rings. The lowest BCUT2D eigenvalue weighted by Gasteiger charge is -2.16. The second kappa shape index (κ2) is 8.03. The summed E-state index contributed by atoms with van der Waals surface area (Å²) in [6.45, 7) is 2.09. The highest BCUT2D eigenvalue weighted by molar-refractivity contribution is 9.10. The van der Waals surface area contributed by atoms with Crippen molar-refractivity contribution in [3.8, 4) is 0 Å². The zero-order valence-corrected chi connectivity index (χ0v) is 17.9. The monoisotopic (exact) mass is 476 g/mol. The summed E-state index contributed by atoms with van der Waals surface area (Å²) in [6.07, 6.45) is 0. The van der Waals surface area contributed by atoms with E-state index in [2.05, 4.69) is 49.5 Å². The van der Waals surface area contributed by atoms with Gasteiger partial charge in [0.15, 0.2) is 0 Å². The summed E-state index contributed by atoms with van der Waals surface area (Å²) in [5, 5.41) is 9.57. The Morgan fingerprint density at radius 1 is 1.14 bits per heavy atom. The van der Waals surface area contributed by atoms with Gasteiger partial charge in [0.25, 0.3) is 0 Å². The summed E-state index contributed by atoms with van der Waals surface area (Å²) in [7, 11) is 0. The van der Waals surface area contributed by atoms with Gasteiger partial charge in [0.1, 0.15) is 11.6 Å². The van der Waals surface area contributed by atoms with Crippen LogP contribution in [0.5, 0.6) is 0 Å². The van der Waals surface area contributed by atoms with Crippen molar-refractivity contribution in [3.63, 3.8) is 0 Å². The molecule has 0 aliphatic rings. The van der Waals surface area contributed by atoms with Crippen molar-refractivity contribution in [1.82, 2.24) is 9.97 Å². The van der Waals surface area contributed by atoms with E-state index in [-0.39, 0.29) is 11.1 Å². The fraction of sp³-hybridized carbons (Fsp3) is 0.100. The minimum absolute atomic E-state index is 0.0386. The third kappa shape index (κ3) is 3.97. The molecule has 1 unspecified atom stereocenters. The fourth-order valence-electron chi connectivity index (χ4n) is 2.80. The molecule has 2 aromatic carbocycles. The summed E-state index contributed by atoms with van der Waals surface area (Å²) in [5.74, 6) is 0.632. The van der Waals surface area contributed by atoms with Crippen LogP contribution >= 0.6 is 38.9 Å². The first-order chi connectivity index (χ1) is 13.5. The van der Waals surface area contributed by atoms with E-state index in [1.54, 1.807) is 17.4 Å². The Morgan fingerprint density at radius 2 is 2.00 bits per heavy atom. The molecule has 0 aliphatic heterocycles. The van der Waals surface area contributed by atoms with Gasteiger partial charge in [-0.05, 0) is 64.6 Å². The Labute approximate surface area is 178 Å². The smallest absolute Gasteiger partial charge is 0.229 e. The Bertz CT molecular complexity index is 1140. The molecule has 0 aliphatic carbocycles. The number of hydrogen-bond donors (Lipinski definition) is 2. The second-order valence-electron chi connectivity index (χ2n) is 6.17. The Hall–Kier alpha value is -2.22. The molecule has 142 valence electrons. The topological polar surface area (TPSA) is 49.8 Å². The first kappa shape index (κ1) is 19.1. The largest absolute Gasteiger partial charge is 0.362 e. The van der Waals surface area contributed by atoms with Gasteiger partial charge in [-0.1, -0.05) is 23.7 Å². The van der Waals surface area contributed by atoms with Crippen LogP contribution in [0.4, 0.5) is 21.8 Å². The molecule has 2 heterocycles. The summed E-state index contributed by atoms with van der Waals surface area (Å²) < 4.78 is 14.3. The van der Waals surface area contributed by atoms with Crippen LogP contribution in [-0.2, 0) is 0 Å². The minimum Gasteiger partial charge on any atom is -0.362 e. The Kier molecular flexibility index (Phi) is 5.48. The van der Waals surface area contributed by atoms with E-state index in [1.165, 1.54) is 17.0 Å². The molecule has 0 saturated heterocycles. The molecule has 0 saturated carbocycles. The van der Waals surface area contributed by atoms with E-state index in [0.717, 1.165) is 15.4 Å². The number of nitrogens with one attached hydrogen (secondary N) is 2. The molecule has 28 heavy (non-hydrogen) atoms. The van der Waals surface area contributed by atoms with Crippen molar-refractivity contribution in [2.75, 3.05) is 10.6 Å². The average molecular weight is 478 g/mol. The van der Waals surface area contributed by atoms with Gasteiger partial charge < -0.3 is 10.6 Å². The SMILES string of the molecule is CC(Nc1nc(Nc2ccc(F)c(Cl)c2)nc2c(Br)cccc12)c1cccs1. The quantitative estimate of drug-likeness (QED) is 0.320. The van der Waals surface area contributed by atoms with Gasteiger partial charge in [-0.15, -0.1) is 11.3 Å². The molecule has 1 atom stereocenters. The molecule has 0 bridgehead atoms. The van der Waals surface area contributed by atoms with Crippen LogP contribution in [0.1, 0.15) is 17.8 Å². The van der Waals surface area contributed by atoms with Crippen molar-refractivity contribution in [2.45, 2.75) is 13.0 Å². The number of thiophene rings is 1. The van der Waals surface area contributed by atoms with E-state index in [9.17, 15) is 4.39 Å². The maximum absolute atomic E-state index is 13.4. The Morgan fingerprint density at radius 3 is 2.75 bits per heavy atom. The summed E-state index contributed by atoms with van der Waals surface area (Å²) in [5.41, 5.74) is 1.38. The highest BCUT2D eigenvalue weighted by atomic mass is 79.9.